The molecule has 0 aliphatic rings. The summed E-state index contributed by atoms with van der Waals surface area (Å²) < 4.78 is 2.70. The number of halogens is 1. The molecule has 0 bridgehead atoms. The van der Waals surface area contributed by atoms with Gasteiger partial charge in [-0.25, -0.2) is 9.67 Å². The van der Waals surface area contributed by atoms with Crippen LogP contribution in [0.5, 0.6) is 0 Å². The highest BCUT2D eigenvalue weighted by atomic mass is 79.9. The molecule has 0 aliphatic carbocycles. The van der Waals surface area contributed by atoms with Crippen LogP contribution in [0.4, 0.5) is 0 Å². The fourth-order valence-corrected chi connectivity index (χ4v) is 2.13. The third kappa shape index (κ3) is 1.77. The standard InChI is InChI=1S/C13H7BrN4/c14-11-2-1-10-8-17-18(12(10)6-11)13-5-9(7-15)3-4-16-13/h1-6,8H. The first kappa shape index (κ1) is 10.9. The lowest BCUT2D eigenvalue weighted by Crippen LogP contribution is -1.99. The van der Waals surface area contributed by atoms with E-state index < -0.39 is 0 Å². The van der Waals surface area contributed by atoms with Crippen LogP contribution >= 0.6 is 15.9 Å². The molecular weight excluding hydrogens is 292 g/mol. The molecule has 0 saturated heterocycles. The molecule has 3 aromatic rings. The maximum atomic E-state index is 8.90. The molecule has 5 heteroatoms. The van der Waals surface area contributed by atoms with Crippen molar-refractivity contribution < 1.29 is 0 Å². The molecule has 0 amide bonds. The molecule has 0 N–H and O–H groups in total. The molecule has 1 aromatic carbocycles. The highest BCUT2D eigenvalue weighted by Crippen LogP contribution is 2.21. The minimum absolute atomic E-state index is 0.568. The third-order valence-corrected chi connectivity index (χ3v) is 3.12. The Morgan fingerprint density at radius 2 is 2.11 bits per heavy atom. The average Bonchev–Trinajstić information content (AvgIpc) is 2.81. The van der Waals surface area contributed by atoms with E-state index in [0.717, 1.165) is 15.4 Å². The Morgan fingerprint density at radius 3 is 2.94 bits per heavy atom. The van der Waals surface area contributed by atoms with Crippen LogP contribution in [0.3, 0.4) is 0 Å². The number of rotatable bonds is 1. The number of benzene rings is 1. The number of nitriles is 1. The van der Waals surface area contributed by atoms with Crippen molar-refractivity contribution in [3.63, 3.8) is 0 Å². The third-order valence-electron chi connectivity index (χ3n) is 2.62. The van der Waals surface area contributed by atoms with Crippen molar-refractivity contribution in [1.82, 2.24) is 14.8 Å². The molecule has 18 heavy (non-hydrogen) atoms. The van der Waals surface area contributed by atoms with E-state index in [2.05, 4.69) is 32.1 Å². The molecule has 2 aromatic heterocycles. The van der Waals surface area contributed by atoms with Crippen molar-refractivity contribution in [2.45, 2.75) is 0 Å². The van der Waals surface area contributed by atoms with Crippen LogP contribution in [0.2, 0.25) is 0 Å². The Balaban J connectivity index is 2.25. The second-order valence-corrected chi connectivity index (χ2v) is 4.69. The maximum absolute atomic E-state index is 8.90. The number of aromatic nitrogens is 3. The summed E-state index contributed by atoms with van der Waals surface area (Å²) in [6, 6.07) is 11.4. The van der Waals surface area contributed by atoms with Crippen LogP contribution in [0.15, 0.2) is 47.2 Å². The van der Waals surface area contributed by atoms with Gasteiger partial charge in [0.25, 0.3) is 0 Å². The van der Waals surface area contributed by atoms with Crippen LogP contribution in [0.25, 0.3) is 16.7 Å². The Morgan fingerprint density at radius 1 is 1.22 bits per heavy atom. The quantitative estimate of drug-likeness (QED) is 0.694. The predicted octanol–water partition coefficient (Wildman–Crippen LogP) is 3.05. The number of pyridine rings is 1. The summed E-state index contributed by atoms with van der Waals surface area (Å²) in [4.78, 5) is 4.24. The second kappa shape index (κ2) is 4.24. The van der Waals surface area contributed by atoms with Crippen molar-refractivity contribution in [3.8, 4) is 11.9 Å². The van der Waals surface area contributed by atoms with E-state index in [0.29, 0.717) is 11.4 Å². The first-order valence-electron chi connectivity index (χ1n) is 5.28. The molecule has 86 valence electrons. The first-order valence-corrected chi connectivity index (χ1v) is 6.07. The number of fused-ring (bicyclic) bond motifs is 1. The monoisotopic (exact) mass is 298 g/mol. The van der Waals surface area contributed by atoms with E-state index in [1.807, 2.05) is 18.2 Å². The summed E-state index contributed by atoms with van der Waals surface area (Å²) in [5.74, 6) is 0.641. The van der Waals surface area contributed by atoms with Crippen LogP contribution in [0.1, 0.15) is 5.56 Å². The van der Waals surface area contributed by atoms with Gasteiger partial charge in [0.2, 0.25) is 0 Å². The van der Waals surface area contributed by atoms with Crippen LogP contribution in [-0.4, -0.2) is 14.8 Å². The molecule has 2 heterocycles. The van der Waals surface area contributed by atoms with Gasteiger partial charge in [-0.2, -0.15) is 10.4 Å². The largest absolute Gasteiger partial charge is 0.237 e. The van der Waals surface area contributed by atoms with Gasteiger partial charge in [0, 0.05) is 22.1 Å². The summed E-state index contributed by atoms with van der Waals surface area (Å²) in [5, 5.41) is 14.2. The first-order chi connectivity index (χ1) is 8.78. The molecule has 0 fully saturated rings. The zero-order valence-electron chi connectivity index (χ0n) is 9.21. The summed E-state index contributed by atoms with van der Waals surface area (Å²) in [6.07, 6.45) is 3.39. The highest BCUT2D eigenvalue weighted by molar-refractivity contribution is 9.10. The predicted molar refractivity (Wildman–Crippen MR) is 71.3 cm³/mol. The van der Waals surface area contributed by atoms with Crippen molar-refractivity contribution in [2.75, 3.05) is 0 Å². The molecule has 3 rings (SSSR count). The number of nitrogens with zero attached hydrogens (tertiary/aromatic N) is 4. The van der Waals surface area contributed by atoms with Gasteiger partial charge < -0.3 is 0 Å². The topological polar surface area (TPSA) is 54.5 Å². The fourth-order valence-electron chi connectivity index (χ4n) is 1.78. The Kier molecular flexibility index (Phi) is 2.58. The van der Waals surface area contributed by atoms with Crippen molar-refractivity contribution in [1.29, 1.82) is 5.26 Å². The van der Waals surface area contributed by atoms with Gasteiger partial charge in [0.1, 0.15) is 0 Å². The molecule has 4 nitrogen and oxygen atoms in total. The van der Waals surface area contributed by atoms with E-state index in [-0.39, 0.29) is 0 Å². The summed E-state index contributed by atoms with van der Waals surface area (Å²) >= 11 is 3.44. The van der Waals surface area contributed by atoms with Gasteiger partial charge in [0.15, 0.2) is 5.82 Å². The van der Waals surface area contributed by atoms with E-state index >= 15 is 0 Å². The Bertz CT molecular complexity index is 770. The summed E-state index contributed by atoms with van der Waals surface area (Å²) in [5.41, 5.74) is 1.52. The molecule has 0 aliphatic heterocycles. The zero-order valence-corrected chi connectivity index (χ0v) is 10.8. The van der Waals surface area contributed by atoms with E-state index in [1.54, 1.807) is 29.2 Å². The molecular formula is C13H7BrN4. The molecule has 0 atom stereocenters. The SMILES string of the molecule is N#Cc1ccnc(-n2ncc3ccc(Br)cc32)c1. The minimum atomic E-state index is 0.568. The molecule has 0 unspecified atom stereocenters. The normalized spacial score (nSPS) is 10.4. The lowest BCUT2D eigenvalue weighted by molar-refractivity contribution is 0.873. The maximum Gasteiger partial charge on any atom is 0.155 e. The number of hydrogen-bond acceptors (Lipinski definition) is 3. The summed E-state index contributed by atoms with van der Waals surface area (Å²) in [6.45, 7) is 0. The van der Waals surface area contributed by atoms with E-state index in [9.17, 15) is 0 Å². The van der Waals surface area contributed by atoms with Crippen LogP contribution in [0, 0.1) is 11.3 Å². The molecule has 0 spiro atoms. The van der Waals surface area contributed by atoms with Gasteiger partial charge in [0.05, 0.1) is 23.3 Å². The highest BCUT2D eigenvalue weighted by Gasteiger charge is 2.06. The smallest absolute Gasteiger partial charge is 0.155 e. The lowest BCUT2D eigenvalue weighted by Gasteiger charge is -2.02. The van der Waals surface area contributed by atoms with Gasteiger partial charge in [-0.15, -0.1) is 0 Å². The van der Waals surface area contributed by atoms with Gasteiger partial charge in [-0.1, -0.05) is 22.0 Å². The molecule has 0 radical (unpaired) electrons. The lowest BCUT2D eigenvalue weighted by atomic mass is 10.2. The van der Waals surface area contributed by atoms with Crippen molar-refractivity contribution in [2.24, 2.45) is 0 Å². The second-order valence-electron chi connectivity index (χ2n) is 3.77. The minimum Gasteiger partial charge on any atom is -0.237 e. The molecule has 0 saturated carbocycles. The fraction of sp³-hybridized carbons (Fsp3) is 0. The van der Waals surface area contributed by atoms with Crippen molar-refractivity contribution in [3.05, 3.63) is 52.8 Å². The van der Waals surface area contributed by atoms with Gasteiger partial charge in [-0.3, -0.25) is 0 Å². The van der Waals surface area contributed by atoms with Crippen molar-refractivity contribution >= 4 is 26.8 Å². The van der Waals surface area contributed by atoms with Gasteiger partial charge >= 0.3 is 0 Å². The number of hydrogen-bond donors (Lipinski definition) is 0. The Labute approximate surface area is 112 Å². The van der Waals surface area contributed by atoms with Crippen LogP contribution in [-0.2, 0) is 0 Å². The zero-order chi connectivity index (χ0) is 12.5. The van der Waals surface area contributed by atoms with Gasteiger partial charge in [-0.05, 0) is 18.2 Å². The average molecular weight is 299 g/mol. The van der Waals surface area contributed by atoms with E-state index in [1.165, 1.54) is 0 Å². The Hall–Kier alpha value is -2.19. The van der Waals surface area contributed by atoms with Crippen LogP contribution < -0.4 is 0 Å². The van der Waals surface area contributed by atoms with E-state index in [4.69, 9.17) is 5.26 Å². The summed E-state index contributed by atoms with van der Waals surface area (Å²) in [7, 11) is 0.